The van der Waals surface area contributed by atoms with Gasteiger partial charge in [-0.05, 0) is 55.8 Å². The lowest BCUT2D eigenvalue weighted by Gasteiger charge is -2.31. The molecule has 176 valence electrons. The lowest BCUT2D eigenvalue weighted by Crippen LogP contribution is -2.45. The number of amidine groups is 1. The molecule has 1 heterocycles. The quantitative estimate of drug-likeness (QED) is 0.571. The number of thioether (sulfide) groups is 1. The number of hydrogen-bond donors (Lipinski definition) is 1. The van der Waals surface area contributed by atoms with E-state index in [1.165, 1.54) is 17.0 Å². The first-order valence-corrected chi connectivity index (χ1v) is 11.4. The fourth-order valence-corrected chi connectivity index (χ4v) is 4.25. The summed E-state index contributed by atoms with van der Waals surface area (Å²) in [6.45, 7) is 4.62. The van der Waals surface area contributed by atoms with Crippen molar-refractivity contribution in [2.75, 3.05) is 18.5 Å². The van der Waals surface area contributed by atoms with Crippen LogP contribution in [0.1, 0.15) is 32.3 Å². The molecule has 1 saturated heterocycles. The van der Waals surface area contributed by atoms with Gasteiger partial charge < -0.3 is 10.1 Å². The van der Waals surface area contributed by atoms with Crippen LogP contribution in [0.3, 0.4) is 0 Å². The molecule has 0 spiro atoms. The lowest BCUT2D eigenvalue weighted by atomic mass is 10.2. The van der Waals surface area contributed by atoms with Gasteiger partial charge in [-0.2, -0.15) is 13.2 Å². The smallest absolute Gasteiger partial charge is 0.416 e. The molecule has 0 aromatic heterocycles. The van der Waals surface area contributed by atoms with E-state index in [4.69, 9.17) is 4.74 Å². The van der Waals surface area contributed by atoms with Crippen LogP contribution >= 0.6 is 11.8 Å². The highest BCUT2D eigenvalue weighted by Gasteiger charge is 2.35. The van der Waals surface area contributed by atoms with Crippen LogP contribution in [0.25, 0.3) is 0 Å². The summed E-state index contributed by atoms with van der Waals surface area (Å²) in [6, 6.07) is 11.4. The molecule has 2 amide bonds. The fourth-order valence-electron chi connectivity index (χ4n) is 3.09. The highest BCUT2D eigenvalue weighted by Crippen LogP contribution is 2.33. The first-order chi connectivity index (χ1) is 15.7. The zero-order valence-electron chi connectivity index (χ0n) is 18.2. The first-order valence-electron chi connectivity index (χ1n) is 10.5. The van der Waals surface area contributed by atoms with Crippen molar-refractivity contribution in [2.24, 2.45) is 4.99 Å². The fraction of sp³-hybridized carbons (Fsp3) is 0.348. The van der Waals surface area contributed by atoms with Crippen LogP contribution in [0.2, 0.25) is 0 Å². The van der Waals surface area contributed by atoms with Gasteiger partial charge in [0.05, 0.1) is 17.9 Å². The van der Waals surface area contributed by atoms with Gasteiger partial charge in [0.2, 0.25) is 11.8 Å². The van der Waals surface area contributed by atoms with E-state index >= 15 is 0 Å². The zero-order chi connectivity index (χ0) is 24.0. The summed E-state index contributed by atoms with van der Waals surface area (Å²) in [6.07, 6.45) is -3.66. The average molecular weight is 480 g/mol. The number of carbonyl (C=O) groups is 2. The second-order valence-corrected chi connectivity index (χ2v) is 8.42. The van der Waals surface area contributed by atoms with Gasteiger partial charge >= 0.3 is 6.18 Å². The molecule has 10 heteroatoms. The monoisotopic (exact) mass is 479 g/mol. The first kappa shape index (κ1) is 24.6. The van der Waals surface area contributed by atoms with E-state index in [0.717, 1.165) is 30.3 Å². The van der Waals surface area contributed by atoms with E-state index in [-0.39, 0.29) is 35.6 Å². The molecule has 0 bridgehead atoms. The van der Waals surface area contributed by atoms with Gasteiger partial charge in [0.15, 0.2) is 5.17 Å². The number of amides is 2. The Labute approximate surface area is 194 Å². The van der Waals surface area contributed by atoms with Crippen LogP contribution in [-0.4, -0.2) is 40.3 Å². The number of carbonyl (C=O) groups excluding carboxylic acids is 2. The van der Waals surface area contributed by atoms with Crippen molar-refractivity contribution >= 4 is 40.1 Å². The lowest BCUT2D eigenvalue weighted by molar-refractivity contribution is -0.137. The van der Waals surface area contributed by atoms with Crippen LogP contribution in [0, 0.1) is 0 Å². The zero-order valence-corrected chi connectivity index (χ0v) is 19.0. The van der Waals surface area contributed by atoms with Crippen LogP contribution in [0.5, 0.6) is 5.75 Å². The number of rotatable bonds is 7. The summed E-state index contributed by atoms with van der Waals surface area (Å²) in [5.41, 5.74) is -0.228. The van der Waals surface area contributed by atoms with Crippen LogP contribution in [0.15, 0.2) is 53.5 Å². The van der Waals surface area contributed by atoms with E-state index in [2.05, 4.69) is 10.3 Å². The van der Waals surface area contributed by atoms with Gasteiger partial charge in [0.25, 0.3) is 0 Å². The maximum Gasteiger partial charge on any atom is 0.416 e. The van der Waals surface area contributed by atoms with Crippen LogP contribution in [0.4, 0.5) is 24.5 Å². The molecule has 1 atom stereocenters. The Kier molecular flexibility index (Phi) is 8.01. The Bertz CT molecular complexity index is 1030. The number of anilines is 1. The Morgan fingerprint density at radius 2 is 1.94 bits per heavy atom. The minimum Gasteiger partial charge on any atom is -0.494 e. The molecule has 1 unspecified atom stereocenters. The number of nitrogens with one attached hydrogen (secondary N) is 1. The largest absolute Gasteiger partial charge is 0.494 e. The number of benzene rings is 2. The maximum atomic E-state index is 13.0. The normalized spacial score (nSPS) is 17.8. The van der Waals surface area contributed by atoms with Crippen molar-refractivity contribution in [1.82, 2.24) is 4.90 Å². The van der Waals surface area contributed by atoms with E-state index in [1.54, 1.807) is 31.2 Å². The van der Waals surface area contributed by atoms with Gasteiger partial charge in [-0.1, -0.05) is 24.8 Å². The predicted molar refractivity (Wildman–Crippen MR) is 123 cm³/mol. The van der Waals surface area contributed by atoms with Gasteiger partial charge in [-0.25, -0.2) is 4.99 Å². The summed E-state index contributed by atoms with van der Waals surface area (Å²) >= 11 is 1.05. The van der Waals surface area contributed by atoms with Gasteiger partial charge in [-0.3, -0.25) is 14.5 Å². The Hall–Kier alpha value is -3.01. The van der Waals surface area contributed by atoms with Gasteiger partial charge in [0, 0.05) is 18.7 Å². The minimum atomic E-state index is -4.50. The minimum absolute atomic E-state index is 0.0381. The van der Waals surface area contributed by atoms with Gasteiger partial charge in [-0.15, -0.1) is 0 Å². The molecule has 2 aromatic carbocycles. The molecule has 1 aliphatic rings. The van der Waals surface area contributed by atoms with Crippen molar-refractivity contribution < 1.29 is 27.5 Å². The molecule has 0 aliphatic carbocycles. The molecule has 1 aliphatic heterocycles. The van der Waals surface area contributed by atoms with E-state index in [1.807, 2.05) is 6.92 Å². The second-order valence-electron chi connectivity index (χ2n) is 7.25. The summed E-state index contributed by atoms with van der Waals surface area (Å²) < 4.78 is 44.6. The van der Waals surface area contributed by atoms with Crippen LogP contribution in [-0.2, 0) is 15.8 Å². The number of nitrogens with zero attached hydrogens (tertiary/aromatic N) is 2. The third-order valence-electron chi connectivity index (χ3n) is 4.74. The van der Waals surface area contributed by atoms with E-state index < -0.39 is 17.0 Å². The van der Waals surface area contributed by atoms with Crippen LogP contribution < -0.4 is 10.1 Å². The van der Waals surface area contributed by atoms with E-state index in [9.17, 15) is 22.8 Å². The maximum absolute atomic E-state index is 13.0. The van der Waals surface area contributed by atoms with Crippen molar-refractivity contribution in [3.05, 3.63) is 54.1 Å². The molecule has 2 aromatic rings. The second kappa shape index (κ2) is 10.7. The topological polar surface area (TPSA) is 71.0 Å². The molecule has 1 fully saturated rings. The Balaban J connectivity index is 1.76. The number of halogens is 3. The molecule has 1 N–H and O–H groups in total. The predicted octanol–water partition coefficient (Wildman–Crippen LogP) is 5.47. The Morgan fingerprint density at radius 1 is 1.21 bits per heavy atom. The number of aliphatic imine (C=N–C) groups is 1. The van der Waals surface area contributed by atoms with Crippen molar-refractivity contribution in [1.29, 1.82) is 0 Å². The highest BCUT2D eigenvalue weighted by atomic mass is 32.2. The number of ether oxygens (including phenoxy) is 1. The molecular weight excluding hydrogens is 455 g/mol. The third kappa shape index (κ3) is 6.50. The summed E-state index contributed by atoms with van der Waals surface area (Å²) in [4.78, 5) is 31.1. The molecule has 0 radical (unpaired) electrons. The molecule has 6 nitrogen and oxygen atoms in total. The molecule has 33 heavy (non-hydrogen) atoms. The van der Waals surface area contributed by atoms with Crippen molar-refractivity contribution in [3.63, 3.8) is 0 Å². The average Bonchev–Trinajstić information content (AvgIpc) is 2.78. The van der Waals surface area contributed by atoms with Gasteiger partial charge in [0.1, 0.15) is 11.0 Å². The number of hydrogen-bond acceptors (Lipinski definition) is 5. The molecule has 3 rings (SSSR count). The summed E-state index contributed by atoms with van der Waals surface area (Å²) in [5, 5.41) is 2.20. The molecule has 0 saturated carbocycles. The highest BCUT2D eigenvalue weighted by molar-refractivity contribution is 8.15. The van der Waals surface area contributed by atoms with Crippen molar-refractivity contribution in [3.8, 4) is 5.75 Å². The SMILES string of the molecule is CCCOc1ccc(NC(=O)C2CC(=O)N(CC)C(=Nc3cccc(C(F)(F)F)c3)S2)cc1. The summed E-state index contributed by atoms with van der Waals surface area (Å²) in [7, 11) is 0. The van der Waals surface area contributed by atoms with E-state index in [0.29, 0.717) is 18.0 Å². The Morgan fingerprint density at radius 3 is 2.58 bits per heavy atom. The number of alkyl halides is 3. The summed E-state index contributed by atoms with van der Waals surface area (Å²) in [5.74, 6) is -0.0142. The third-order valence-corrected chi connectivity index (χ3v) is 5.93. The van der Waals surface area contributed by atoms with Crippen molar-refractivity contribution in [2.45, 2.75) is 38.1 Å². The molecular formula is C23H24F3N3O3S. The standard InChI is InChI=1S/C23H24F3N3O3S/c1-3-12-32-18-10-8-16(9-11-18)27-21(31)19-14-20(30)29(4-2)22(33-19)28-17-7-5-6-15(13-17)23(24,25)26/h5-11,13,19H,3-4,12,14H2,1-2H3,(H,27,31).